The third-order valence-corrected chi connectivity index (χ3v) is 2.36. The van der Waals surface area contributed by atoms with Gasteiger partial charge in [-0.2, -0.15) is 9.78 Å². The van der Waals surface area contributed by atoms with Gasteiger partial charge in [-0.3, -0.25) is 4.79 Å². The summed E-state index contributed by atoms with van der Waals surface area (Å²) in [5.41, 5.74) is 0.613. The lowest BCUT2D eigenvalue weighted by Gasteiger charge is -2.00. The van der Waals surface area contributed by atoms with Crippen LogP contribution in [0, 0.1) is 0 Å². The van der Waals surface area contributed by atoms with Gasteiger partial charge in [-0.15, -0.1) is 0 Å². The predicted molar refractivity (Wildman–Crippen MR) is 59.5 cm³/mol. The Hall–Kier alpha value is -2.43. The maximum absolute atomic E-state index is 11.5. The molecule has 0 saturated carbocycles. The molecule has 0 aromatic carbocycles. The van der Waals surface area contributed by atoms with Crippen LogP contribution in [0.3, 0.4) is 0 Å². The molecule has 0 spiro atoms. The van der Waals surface area contributed by atoms with Crippen LogP contribution < -0.4 is 5.43 Å². The summed E-state index contributed by atoms with van der Waals surface area (Å²) >= 11 is 0. The fraction of sp³-hybridized carbons (Fsp3) is 0. The van der Waals surface area contributed by atoms with Gasteiger partial charge in [0.15, 0.2) is 11.2 Å². The van der Waals surface area contributed by atoms with Crippen LogP contribution in [0.1, 0.15) is 0 Å². The van der Waals surface area contributed by atoms with Crippen LogP contribution >= 0.6 is 0 Å². The Morgan fingerprint density at radius 1 is 1.25 bits per heavy atom. The molecule has 3 rings (SSSR count). The number of nitrogens with zero attached hydrogens (tertiary/aromatic N) is 3. The van der Waals surface area contributed by atoms with Crippen molar-refractivity contribution < 1.29 is 0 Å². The van der Waals surface area contributed by atoms with E-state index in [1.165, 1.54) is 6.07 Å². The van der Waals surface area contributed by atoms with Crippen molar-refractivity contribution in [3.63, 3.8) is 0 Å². The number of hydrogen-bond acceptors (Lipinski definition) is 3. The molecule has 0 atom stereocenters. The molecule has 0 unspecified atom stereocenters. The highest BCUT2D eigenvalue weighted by atomic mass is 16.1. The lowest BCUT2D eigenvalue weighted by molar-refractivity contribution is 0.863. The fourth-order valence-corrected chi connectivity index (χ4v) is 1.61. The van der Waals surface area contributed by atoms with E-state index in [9.17, 15) is 4.79 Å². The quantitative estimate of drug-likeness (QED) is 0.657. The number of fused-ring (bicyclic) bond motifs is 1. The van der Waals surface area contributed by atoms with Crippen LogP contribution in [-0.2, 0) is 0 Å². The van der Waals surface area contributed by atoms with Crippen LogP contribution in [0.25, 0.3) is 16.9 Å². The maximum Gasteiger partial charge on any atom is 0.192 e. The zero-order valence-corrected chi connectivity index (χ0v) is 8.29. The molecule has 3 aromatic rings. The molecule has 0 saturated heterocycles. The van der Waals surface area contributed by atoms with Gasteiger partial charge in [0.05, 0.1) is 11.6 Å². The first-order valence-electron chi connectivity index (χ1n) is 4.83. The summed E-state index contributed by atoms with van der Waals surface area (Å²) in [6, 6.07) is 7.01. The predicted octanol–water partition coefficient (Wildman–Crippen LogP) is 1.11. The van der Waals surface area contributed by atoms with Crippen molar-refractivity contribution in [3.8, 4) is 5.82 Å². The van der Waals surface area contributed by atoms with E-state index in [-0.39, 0.29) is 5.43 Å². The molecule has 0 bridgehead atoms. The van der Waals surface area contributed by atoms with E-state index in [4.69, 9.17) is 0 Å². The number of nitrogens with one attached hydrogen (secondary N) is 1. The van der Waals surface area contributed by atoms with Crippen molar-refractivity contribution in [3.05, 3.63) is 53.1 Å². The second kappa shape index (κ2) is 3.30. The molecule has 0 aliphatic carbocycles. The zero-order chi connectivity index (χ0) is 11.0. The summed E-state index contributed by atoms with van der Waals surface area (Å²) in [6.45, 7) is 0. The summed E-state index contributed by atoms with van der Waals surface area (Å²) in [5, 5.41) is 4.71. The summed E-state index contributed by atoms with van der Waals surface area (Å²) in [6.07, 6.45) is 4.83. The van der Waals surface area contributed by atoms with Crippen molar-refractivity contribution in [2.75, 3.05) is 0 Å². The molecule has 0 fully saturated rings. The van der Waals surface area contributed by atoms with E-state index in [2.05, 4.69) is 15.1 Å². The standard InChI is InChI=1S/C11H8N4O/c16-9-4-6-13-11-8(9)7-14-15(11)10-3-1-2-5-12-10/h1-7H,(H,13,16). The lowest BCUT2D eigenvalue weighted by atomic mass is 10.3. The van der Waals surface area contributed by atoms with Crippen LogP contribution in [0.2, 0.25) is 0 Å². The van der Waals surface area contributed by atoms with Crippen molar-refractivity contribution >= 4 is 11.0 Å². The van der Waals surface area contributed by atoms with E-state index in [1.807, 2.05) is 18.2 Å². The van der Waals surface area contributed by atoms with E-state index < -0.39 is 0 Å². The van der Waals surface area contributed by atoms with Gasteiger partial charge >= 0.3 is 0 Å². The smallest absolute Gasteiger partial charge is 0.192 e. The number of pyridine rings is 2. The lowest BCUT2D eigenvalue weighted by Crippen LogP contribution is -2.02. The van der Waals surface area contributed by atoms with Crippen LogP contribution in [0.15, 0.2) is 47.7 Å². The molecule has 3 aromatic heterocycles. The second-order valence-corrected chi connectivity index (χ2v) is 3.35. The van der Waals surface area contributed by atoms with Crippen LogP contribution in [-0.4, -0.2) is 19.7 Å². The minimum atomic E-state index is -0.0454. The molecular weight excluding hydrogens is 204 g/mol. The minimum Gasteiger partial charge on any atom is -0.346 e. The van der Waals surface area contributed by atoms with Gasteiger partial charge in [-0.1, -0.05) is 6.07 Å². The molecule has 78 valence electrons. The molecule has 3 heterocycles. The van der Waals surface area contributed by atoms with Gasteiger partial charge < -0.3 is 4.98 Å². The normalized spacial score (nSPS) is 10.8. The largest absolute Gasteiger partial charge is 0.346 e. The topological polar surface area (TPSA) is 63.6 Å². The Balaban J connectivity index is 2.34. The van der Waals surface area contributed by atoms with Crippen LogP contribution in [0.4, 0.5) is 0 Å². The van der Waals surface area contributed by atoms with E-state index in [1.54, 1.807) is 23.3 Å². The Morgan fingerprint density at radius 3 is 3.00 bits per heavy atom. The van der Waals surface area contributed by atoms with Gasteiger partial charge in [0.2, 0.25) is 0 Å². The zero-order valence-electron chi connectivity index (χ0n) is 8.29. The molecule has 5 heteroatoms. The van der Waals surface area contributed by atoms with E-state index >= 15 is 0 Å². The monoisotopic (exact) mass is 212 g/mol. The average Bonchev–Trinajstić information content (AvgIpc) is 2.75. The van der Waals surface area contributed by atoms with Crippen molar-refractivity contribution in [2.45, 2.75) is 0 Å². The second-order valence-electron chi connectivity index (χ2n) is 3.35. The molecule has 1 N–H and O–H groups in total. The van der Waals surface area contributed by atoms with Gasteiger partial charge in [-0.05, 0) is 12.1 Å². The molecule has 0 aliphatic rings. The number of H-pyrrole nitrogens is 1. The van der Waals surface area contributed by atoms with Gasteiger partial charge in [0.1, 0.15) is 5.65 Å². The third kappa shape index (κ3) is 1.22. The summed E-state index contributed by atoms with van der Waals surface area (Å²) in [7, 11) is 0. The Bertz CT molecular complexity index is 684. The van der Waals surface area contributed by atoms with Gasteiger partial charge in [0.25, 0.3) is 0 Å². The number of hydrogen-bond donors (Lipinski definition) is 1. The van der Waals surface area contributed by atoms with E-state index in [0.717, 1.165) is 0 Å². The SMILES string of the molecule is O=c1cc[nH]c2c1cnn2-c1ccccn1. The minimum absolute atomic E-state index is 0.0454. The highest BCUT2D eigenvalue weighted by Gasteiger charge is 2.07. The first-order valence-corrected chi connectivity index (χ1v) is 4.83. The van der Waals surface area contributed by atoms with Crippen molar-refractivity contribution in [2.24, 2.45) is 0 Å². The molecule has 0 radical (unpaired) electrons. The Labute approximate surface area is 90.4 Å². The van der Waals surface area contributed by atoms with Gasteiger partial charge in [0, 0.05) is 18.5 Å². The number of rotatable bonds is 1. The molecular formula is C11H8N4O. The highest BCUT2D eigenvalue weighted by Crippen LogP contribution is 2.10. The fourth-order valence-electron chi connectivity index (χ4n) is 1.61. The molecule has 0 amide bonds. The first-order chi connectivity index (χ1) is 7.86. The van der Waals surface area contributed by atoms with Crippen molar-refractivity contribution in [1.29, 1.82) is 0 Å². The Kier molecular flexibility index (Phi) is 1.83. The van der Waals surface area contributed by atoms with Crippen molar-refractivity contribution in [1.82, 2.24) is 19.7 Å². The number of aromatic amines is 1. The molecule has 16 heavy (non-hydrogen) atoms. The summed E-state index contributed by atoms with van der Waals surface area (Å²) < 4.78 is 1.61. The van der Waals surface area contributed by atoms with Crippen LogP contribution in [0.5, 0.6) is 0 Å². The molecule has 0 aliphatic heterocycles. The maximum atomic E-state index is 11.5. The number of aromatic nitrogens is 4. The first kappa shape index (κ1) is 8.84. The molecule has 5 nitrogen and oxygen atoms in total. The highest BCUT2D eigenvalue weighted by molar-refractivity contribution is 5.75. The third-order valence-electron chi connectivity index (χ3n) is 2.36. The summed E-state index contributed by atoms with van der Waals surface area (Å²) in [5.74, 6) is 0.680. The van der Waals surface area contributed by atoms with E-state index in [0.29, 0.717) is 16.9 Å². The average molecular weight is 212 g/mol. The Morgan fingerprint density at radius 2 is 2.19 bits per heavy atom. The van der Waals surface area contributed by atoms with Gasteiger partial charge in [-0.25, -0.2) is 4.98 Å². The summed E-state index contributed by atoms with van der Waals surface area (Å²) in [4.78, 5) is 18.7.